The number of primary amides is 1. The van der Waals surface area contributed by atoms with Gasteiger partial charge in [-0.25, -0.2) is 0 Å². The van der Waals surface area contributed by atoms with Crippen molar-refractivity contribution >= 4 is 34.9 Å². The molecule has 0 aliphatic rings. The van der Waals surface area contributed by atoms with Crippen LogP contribution >= 0.6 is 23.2 Å². The van der Waals surface area contributed by atoms with Crippen molar-refractivity contribution in [3.8, 4) is 0 Å². The lowest BCUT2D eigenvalue weighted by atomic mass is 10.0. The summed E-state index contributed by atoms with van der Waals surface area (Å²) in [6.07, 6.45) is 0.509. The quantitative estimate of drug-likeness (QED) is 0.868. The molecule has 2 N–H and O–H groups in total. The minimum atomic E-state index is -0.573. The Labute approximate surface area is 132 Å². The molecular weight excluding hydrogens is 309 g/mol. The van der Waals surface area contributed by atoms with Crippen molar-refractivity contribution in [1.29, 1.82) is 0 Å². The standard InChI is InChI=1S/C16H13Cl2NO2/c1-9(20)11-4-2-10(3-5-11)6-13-14(17)7-12(16(19)21)8-15(13)18/h2-5,7-8H,6H2,1H3,(H2,19,21). The third kappa shape index (κ3) is 3.63. The normalized spacial score (nSPS) is 10.4. The molecule has 2 aromatic carbocycles. The topological polar surface area (TPSA) is 60.2 Å². The highest BCUT2D eigenvalue weighted by molar-refractivity contribution is 6.36. The van der Waals surface area contributed by atoms with E-state index in [9.17, 15) is 9.59 Å². The van der Waals surface area contributed by atoms with Crippen LogP contribution in [0.3, 0.4) is 0 Å². The van der Waals surface area contributed by atoms with Crippen molar-refractivity contribution in [2.24, 2.45) is 5.73 Å². The number of hydrogen-bond donors (Lipinski definition) is 1. The highest BCUT2D eigenvalue weighted by Crippen LogP contribution is 2.29. The average molecular weight is 322 g/mol. The predicted molar refractivity (Wildman–Crippen MR) is 84.2 cm³/mol. The van der Waals surface area contributed by atoms with Gasteiger partial charge in [-0.2, -0.15) is 0 Å². The second-order valence-corrected chi connectivity index (χ2v) is 5.53. The molecule has 2 rings (SSSR count). The van der Waals surface area contributed by atoms with Crippen molar-refractivity contribution in [2.45, 2.75) is 13.3 Å². The van der Waals surface area contributed by atoms with Crippen LogP contribution < -0.4 is 5.73 Å². The SMILES string of the molecule is CC(=O)c1ccc(Cc2c(Cl)cc(C(N)=O)cc2Cl)cc1. The van der Waals surface area contributed by atoms with Gasteiger partial charge in [-0.1, -0.05) is 47.5 Å². The van der Waals surface area contributed by atoms with Crippen LogP contribution in [0, 0.1) is 0 Å². The van der Waals surface area contributed by atoms with Gasteiger partial charge in [0.2, 0.25) is 5.91 Å². The number of carbonyl (C=O) groups is 2. The van der Waals surface area contributed by atoms with Crippen LogP contribution in [0.15, 0.2) is 36.4 Å². The molecule has 0 saturated heterocycles. The van der Waals surface area contributed by atoms with Gasteiger partial charge in [-0.05, 0) is 30.2 Å². The van der Waals surface area contributed by atoms with E-state index in [0.717, 1.165) is 11.1 Å². The van der Waals surface area contributed by atoms with Gasteiger partial charge in [0.05, 0.1) is 0 Å². The maximum Gasteiger partial charge on any atom is 0.248 e. The number of benzene rings is 2. The van der Waals surface area contributed by atoms with E-state index in [4.69, 9.17) is 28.9 Å². The van der Waals surface area contributed by atoms with E-state index in [1.165, 1.54) is 19.1 Å². The van der Waals surface area contributed by atoms with Crippen LogP contribution in [0.25, 0.3) is 0 Å². The van der Waals surface area contributed by atoms with Gasteiger partial charge in [-0.15, -0.1) is 0 Å². The summed E-state index contributed by atoms with van der Waals surface area (Å²) in [6, 6.07) is 10.2. The Bertz CT molecular complexity index is 686. The van der Waals surface area contributed by atoms with Gasteiger partial charge in [0.1, 0.15) is 0 Å². The fraction of sp³-hybridized carbons (Fsp3) is 0.125. The summed E-state index contributed by atoms with van der Waals surface area (Å²) >= 11 is 12.3. The molecule has 2 aromatic rings. The lowest BCUT2D eigenvalue weighted by molar-refractivity contribution is 0.0996. The Morgan fingerprint density at radius 1 is 1.00 bits per heavy atom. The summed E-state index contributed by atoms with van der Waals surface area (Å²) in [5.74, 6) is -0.556. The number of amides is 1. The lowest BCUT2D eigenvalue weighted by Crippen LogP contribution is -2.11. The van der Waals surface area contributed by atoms with Crippen molar-refractivity contribution in [3.05, 3.63) is 68.7 Å². The fourth-order valence-corrected chi connectivity index (χ4v) is 2.60. The maximum absolute atomic E-state index is 11.2. The van der Waals surface area contributed by atoms with Crippen molar-refractivity contribution in [2.75, 3.05) is 0 Å². The maximum atomic E-state index is 11.2. The van der Waals surface area contributed by atoms with Crippen molar-refractivity contribution in [3.63, 3.8) is 0 Å². The predicted octanol–water partition coefficient (Wildman–Crippen LogP) is 3.89. The van der Waals surface area contributed by atoms with E-state index in [2.05, 4.69) is 0 Å². The second kappa shape index (κ2) is 6.29. The number of ketones is 1. The van der Waals surface area contributed by atoms with Crippen LogP contribution in [0.4, 0.5) is 0 Å². The van der Waals surface area contributed by atoms with Gasteiger partial charge in [0, 0.05) is 27.6 Å². The number of halogens is 2. The molecule has 0 fully saturated rings. The van der Waals surface area contributed by atoms with Crippen LogP contribution in [0.5, 0.6) is 0 Å². The molecule has 0 aromatic heterocycles. The third-order valence-corrected chi connectivity index (χ3v) is 3.84. The molecule has 21 heavy (non-hydrogen) atoms. The first-order chi connectivity index (χ1) is 9.88. The molecule has 0 unspecified atom stereocenters. The zero-order valence-electron chi connectivity index (χ0n) is 11.3. The Hall–Kier alpha value is -1.84. The van der Waals surface area contributed by atoms with E-state index in [1.54, 1.807) is 12.1 Å². The van der Waals surface area contributed by atoms with Crippen molar-refractivity contribution < 1.29 is 9.59 Å². The fourth-order valence-electron chi connectivity index (χ4n) is 1.98. The molecular formula is C16H13Cl2NO2. The molecule has 1 amide bonds. The molecule has 0 atom stereocenters. The van der Waals surface area contributed by atoms with Gasteiger partial charge in [0.15, 0.2) is 5.78 Å². The zero-order valence-corrected chi connectivity index (χ0v) is 12.8. The number of hydrogen-bond acceptors (Lipinski definition) is 2. The molecule has 0 bridgehead atoms. The molecule has 3 nitrogen and oxygen atoms in total. The van der Waals surface area contributed by atoms with E-state index in [1.807, 2.05) is 12.1 Å². The Kier molecular flexibility index (Phi) is 4.66. The molecule has 5 heteroatoms. The van der Waals surface area contributed by atoms with Gasteiger partial charge in [0.25, 0.3) is 0 Å². The summed E-state index contributed by atoms with van der Waals surface area (Å²) in [4.78, 5) is 22.4. The van der Waals surface area contributed by atoms with Crippen molar-refractivity contribution in [1.82, 2.24) is 0 Å². The van der Waals surface area contributed by atoms with Crippen LogP contribution in [-0.2, 0) is 6.42 Å². The van der Waals surface area contributed by atoms with Crippen LogP contribution in [0.1, 0.15) is 38.8 Å². The Morgan fingerprint density at radius 2 is 1.52 bits per heavy atom. The summed E-state index contributed by atoms with van der Waals surface area (Å²) in [5.41, 5.74) is 7.83. The monoisotopic (exact) mass is 321 g/mol. The number of carbonyl (C=O) groups excluding carboxylic acids is 2. The van der Waals surface area contributed by atoms with E-state index >= 15 is 0 Å². The highest BCUT2D eigenvalue weighted by Gasteiger charge is 2.12. The molecule has 0 radical (unpaired) electrons. The zero-order chi connectivity index (χ0) is 15.6. The van der Waals surface area contributed by atoms with Crippen LogP contribution in [0.2, 0.25) is 10.0 Å². The summed E-state index contributed by atoms with van der Waals surface area (Å²) in [6.45, 7) is 1.52. The summed E-state index contributed by atoms with van der Waals surface area (Å²) in [5, 5.41) is 0.791. The Balaban J connectivity index is 2.31. The smallest absolute Gasteiger partial charge is 0.248 e. The van der Waals surface area contributed by atoms with Gasteiger partial charge >= 0.3 is 0 Å². The number of nitrogens with two attached hydrogens (primary N) is 1. The molecule has 0 heterocycles. The minimum Gasteiger partial charge on any atom is -0.366 e. The largest absolute Gasteiger partial charge is 0.366 e. The average Bonchev–Trinajstić information content (AvgIpc) is 2.43. The number of Topliss-reactive ketones (excluding diaryl/α,β-unsaturated/α-hetero) is 1. The molecule has 0 saturated carbocycles. The first-order valence-corrected chi connectivity index (χ1v) is 7.01. The summed E-state index contributed by atoms with van der Waals surface area (Å²) < 4.78 is 0. The van der Waals surface area contributed by atoms with E-state index in [-0.39, 0.29) is 11.3 Å². The number of rotatable bonds is 4. The first kappa shape index (κ1) is 15.5. The summed E-state index contributed by atoms with van der Waals surface area (Å²) in [7, 11) is 0. The van der Waals surface area contributed by atoms with E-state index in [0.29, 0.717) is 22.0 Å². The molecule has 108 valence electrons. The molecule has 0 spiro atoms. The first-order valence-electron chi connectivity index (χ1n) is 6.26. The van der Waals surface area contributed by atoms with E-state index < -0.39 is 5.91 Å². The van der Waals surface area contributed by atoms with Gasteiger partial charge in [-0.3, -0.25) is 9.59 Å². The molecule has 0 aliphatic heterocycles. The van der Waals surface area contributed by atoms with Gasteiger partial charge < -0.3 is 5.73 Å². The molecule has 0 aliphatic carbocycles. The third-order valence-electron chi connectivity index (χ3n) is 3.17. The second-order valence-electron chi connectivity index (χ2n) is 4.71. The highest BCUT2D eigenvalue weighted by atomic mass is 35.5. The minimum absolute atomic E-state index is 0.0171. The van der Waals surface area contributed by atoms with Crippen LogP contribution in [-0.4, -0.2) is 11.7 Å². The Morgan fingerprint density at radius 3 is 1.95 bits per heavy atom. The lowest BCUT2D eigenvalue weighted by Gasteiger charge is -2.09.